The Hall–Kier alpha value is -3.41. The predicted molar refractivity (Wildman–Crippen MR) is 112 cm³/mol. The first-order chi connectivity index (χ1) is 15.3. The van der Waals surface area contributed by atoms with Crippen LogP contribution in [0.2, 0.25) is 0 Å². The normalized spacial score (nSPS) is 12.0. The maximum atomic E-state index is 12.7. The molecule has 0 aliphatic heterocycles. The zero-order valence-corrected chi connectivity index (χ0v) is 18.9. The number of hydrogen-bond donors (Lipinski definition) is 0. The minimum Gasteiger partial charge on any atom is -0.465 e. The van der Waals surface area contributed by atoms with Gasteiger partial charge in [0.1, 0.15) is 5.56 Å². The van der Waals surface area contributed by atoms with E-state index in [9.17, 15) is 26.4 Å². The molecule has 2 aromatic heterocycles. The van der Waals surface area contributed by atoms with E-state index in [1.54, 1.807) is 24.9 Å². The van der Waals surface area contributed by atoms with Gasteiger partial charge in [0.2, 0.25) is 0 Å². The molecular formula is C21H20F3N3O5S. The number of carbonyl (C=O) groups excluding carboxylic acids is 1. The summed E-state index contributed by atoms with van der Waals surface area (Å²) >= 11 is 0. The van der Waals surface area contributed by atoms with Crippen molar-refractivity contribution < 1.29 is 35.3 Å². The zero-order chi connectivity index (χ0) is 24.6. The van der Waals surface area contributed by atoms with Gasteiger partial charge < -0.3 is 8.92 Å². The van der Waals surface area contributed by atoms with Crippen molar-refractivity contribution in [3.8, 4) is 17.0 Å². The fraction of sp³-hybridized carbons (Fsp3) is 0.286. The maximum Gasteiger partial charge on any atom is 0.534 e. The van der Waals surface area contributed by atoms with E-state index in [4.69, 9.17) is 0 Å². The number of methoxy groups -OCH3 is 1. The van der Waals surface area contributed by atoms with Gasteiger partial charge in [0, 0.05) is 25.0 Å². The standard InChI is InChI=1S/C21H20F3N3O5S/c1-12-7-19(32-33(29,30)21(22,23)24)16(20(28)31-4)9-15(12)8-14-5-6-18(25-10-14)17-11-27(3)26-13(17)2/h5-7,9-11H,8H2,1-4H3. The molecule has 1 aromatic carbocycles. The highest BCUT2D eigenvalue weighted by molar-refractivity contribution is 7.88. The van der Waals surface area contributed by atoms with Crippen molar-refractivity contribution in [1.29, 1.82) is 0 Å². The molecule has 0 atom stereocenters. The van der Waals surface area contributed by atoms with Crippen LogP contribution in [0.25, 0.3) is 11.3 Å². The molecule has 0 N–H and O–H groups in total. The molecule has 8 nitrogen and oxygen atoms in total. The molecule has 12 heteroatoms. The van der Waals surface area contributed by atoms with Crippen molar-refractivity contribution in [2.45, 2.75) is 25.8 Å². The lowest BCUT2D eigenvalue weighted by atomic mass is 9.98. The second kappa shape index (κ2) is 8.85. The SMILES string of the molecule is COC(=O)c1cc(Cc2ccc(-c3cn(C)nc3C)nc2)c(C)cc1OS(=O)(=O)C(F)(F)F. The number of aryl methyl sites for hydroxylation is 3. The van der Waals surface area contributed by atoms with Gasteiger partial charge in [-0.25, -0.2) is 4.79 Å². The monoisotopic (exact) mass is 483 g/mol. The van der Waals surface area contributed by atoms with Gasteiger partial charge >= 0.3 is 21.6 Å². The van der Waals surface area contributed by atoms with E-state index in [1.165, 1.54) is 6.07 Å². The number of aromatic nitrogens is 3. The van der Waals surface area contributed by atoms with Crippen LogP contribution in [0.5, 0.6) is 5.75 Å². The van der Waals surface area contributed by atoms with Crippen molar-refractivity contribution in [3.63, 3.8) is 0 Å². The minimum absolute atomic E-state index is 0.279. The molecule has 3 aromatic rings. The first-order valence-corrected chi connectivity index (χ1v) is 10.9. The number of carbonyl (C=O) groups is 1. The van der Waals surface area contributed by atoms with Crippen molar-refractivity contribution >= 4 is 16.1 Å². The van der Waals surface area contributed by atoms with Crippen molar-refractivity contribution in [3.05, 3.63) is 64.6 Å². The summed E-state index contributed by atoms with van der Waals surface area (Å²) in [4.78, 5) is 16.6. The number of nitrogens with zero attached hydrogens (tertiary/aromatic N) is 3. The third-order valence-corrected chi connectivity index (χ3v) is 5.80. The highest BCUT2D eigenvalue weighted by Crippen LogP contribution is 2.32. The number of benzene rings is 1. The molecule has 0 amide bonds. The summed E-state index contributed by atoms with van der Waals surface area (Å²) in [6.45, 7) is 3.43. The van der Waals surface area contributed by atoms with Crippen LogP contribution >= 0.6 is 0 Å². The van der Waals surface area contributed by atoms with Crippen LogP contribution in [0.1, 0.15) is 32.7 Å². The van der Waals surface area contributed by atoms with Gasteiger partial charge in [-0.15, -0.1) is 0 Å². The number of esters is 1. The second-order valence-corrected chi connectivity index (χ2v) is 8.82. The summed E-state index contributed by atoms with van der Waals surface area (Å²) in [5.41, 5.74) is -1.94. The van der Waals surface area contributed by atoms with E-state index in [1.807, 2.05) is 25.3 Å². The Morgan fingerprint density at radius 2 is 1.88 bits per heavy atom. The minimum atomic E-state index is -5.96. The van der Waals surface area contributed by atoms with E-state index in [-0.39, 0.29) is 6.42 Å². The number of hydrogen-bond acceptors (Lipinski definition) is 7. The average Bonchev–Trinajstić information content (AvgIpc) is 3.06. The molecule has 0 fully saturated rings. The average molecular weight is 483 g/mol. The van der Waals surface area contributed by atoms with Crippen molar-refractivity contribution in [2.75, 3.05) is 7.11 Å². The van der Waals surface area contributed by atoms with Crippen LogP contribution in [-0.2, 0) is 28.3 Å². The highest BCUT2D eigenvalue weighted by Gasteiger charge is 2.49. The summed E-state index contributed by atoms with van der Waals surface area (Å²) in [6, 6.07) is 5.95. The van der Waals surface area contributed by atoms with E-state index in [2.05, 4.69) is 19.0 Å². The summed E-state index contributed by atoms with van der Waals surface area (Å²) < 4.78 is 71.6. The van der Waals surface area contributed by atoms with Crippen molar-refractivity contribution in [1.82, 2.24) is 14.8 Å². The molecule has 0 unspecified atom stereocenters. The van der Waals surface area contributed by atoms with E-state index >= 15 is 0 Å². The van der Waals surface area contributed by atoms with Gasteiger partial charge in [-0.2, -0.15) is 26.7 Å². The molecule has 2 heterocycles. The molecule has 3 rings (SSSR count). The first kappa shape index (κ1) is 24.2. The summed E-state index contributed by atoms with van der Waals surface area (Å²) in [5.74, 6) is -1.80. The van der Waals surface area contributed by atoms with E-state index in [0.29, 0.717) is 11.1 Å². The number of rotatable bonds is 6. The molecule has 0 radical (unpaired) electrons. The Kier molecular flexibility index (Phi) is 6.50. The van der Waals surface area contributed by atoms with E-state index < -0.39 is 32.9 Å². The maximum absolute atomic E-state index is 12.7. The van der Waals surface area contributed by atoms with Crippen LogP contribution in [0.4, 0.5) is 13.2 Å². The fourth-order valence-corrected chi connectivity index (χ4v) is 3.65. The lowest BCUT2D eigenvalue weighted by Gasteiger charge is -2.15. The Morgan fingerprint density at radius 3 is 2.39 bits per heavy atom. The first-order valence-electron chi connectivity index (χ1n) is 9.50. The van der Waals surface area contributed by atoms with Crippen LogP contribution in [0, 0.1) is 13.8 Å². The lowest BCUT2D eigenvalue weighted by molar-refractivity contribution is -0.0500. The third-order valence-electron chi connectivity index (χ3n) is 4.84. The number of halogens is 3. The molecule has 33 heavy (non-hydrogen) atoms. The van der Waals surface area contributed by atoms with Gasteiger partial charge in [-0.3, -0.25) is 9.67 Å². The second-order valence-electron chi connectivity index (χ2n) is 7.28. The smallest absolute Gasteiger partial charge is 0.465 e. The molecular weight excluding hydrogens is 463 g/mol. The lowest BCUT2D eigenvalue weighted by Crippen LogP contribution is -2.28. The van der Waals surface area contributed by atoms with Crippen molar-refractivity contribution in [2.24, 2.45) is 7.05 Å². The Labute approximate surface area is 188 Å². The number of alkyl halides is 3. The highest BCUT2D eigenvalue weighted by atomic mass is 32.2. The fourth-order valence-electron chi connectivity index (χ4n) is 3.18. The number of ether oxygens (including phenoxy) is 1. The van der Waals surface area contributed by atoms with Crippen LogP contribution in [-0.4, -0.2) is 41.8 Å². The topological polar surface area (TPSA) is 100 Å². The van der Waals surface area contributed by atoms with Crippen LogP contribution in [0.3, 0.4) is 0 Å². The molecule has 0 bridgehead atoms. The zero-order valence-electron chi connectivity index (χ0n) is 18.1. The number of pyridine rings is 1. The Morgan fingerprint density at radius 1 is 1.18 bits per heavy atom. The summed E-state index contributed by atoms with van der Waals surface area (Å²) in [6.07, 6.45) is 3.76. The largest absolute Gasteiger partial charge is 0.534 e. The van der Waals surface area contributed by atoms with Gasteiger partial charge in [0.25, 0.3) is 0 Å². The van der Waals surface area contributed by atoms with Crippen LogP contribution < -0.4 is 4.18 Å². The van der Waals surface area contributed by atoms with Crippen LogP contribution in [0.15, 0.2) is 36.7 Å². The van der Waals surface area contributed by atoms with E-state index in [0.717, 1.165) is 35.7 Å². The molecule has 0 saturated carbocycles. The molecule has 0 aliphatic carbocycles. The molecule has 176 valence electrons. The third kappa shape index (κ3) is 5.16. The predicted octanol–water partition coefficient (Wildman–Crippen LogP) is 3.70. The van der Waals surface area contributed by atoms with Gasteiger partial charge in [0.05, 0.1) is 18.5 Å². The van der Waals surface area contributed by atoms with Gasteiger partial charge in [-0.1, -0.05) is 6.07 Å². The molecule has 0 aliphatic rings. The Balaban J connectivity index is 1.94. The van der Waals surface area contributed by atoms with Gasteiger partial charge in [-0.05, 0) is 55.2 Å². The molecule has 0 saturated heterocycles. The summed E-state index contributed by atoms with van der Waals surface area (Å²) in [5, 5.41) is 4.28. The quantitative estimate of drug-likeness (QED) is 0.299. The summed E-state index contributed by atoms with van der Waals surface area (Å²) in [7, 11) is -3.13. The van der Waals surface area contributed by atoms with Gasteiger partial charge in [0.15, 0.2) is 5.75 Å². The Bertz CT molecular complexity index is 1300. The molecule has 0 spiro atoms.